The summed E-state index contributed by atoms with van der Waals surface area (Å²) in [5.41, 5.74) is -0.504. The molecule has 0 rings (SSSR count). The molecule has 0 heterocycles. The number of carbonyl (C=O) groups excluding carboxylic acids is 1. The second-order valence-corrected chi connectivity index (χ2v) is 7.06. The number of aliphatic carboxylic acids is 1. The van der Waals surface area contributed by atoms with Gasteiger partial charge in [-0.25, -0.2) is 0 Å². The zero-order valence-electron chi connectivity index (χ0n) is 12.7. The Morgan fingerprint density at radius 3 is 2.05 bits per heavy atom. The van der Waals surface area contributed by atoms with Gasteiger partial charge in [0.2, 0.25) is 5.91 Å². The lowest BCUT2D eigenvalue weighted by Crippen LogP contribution is -2.41. The maximum atomic E-state index is 11.9. The van der Waals surface area contributed by atoms with E-state index in [-0.39, 0.29) is 23.5 Å². The van der Waals surface area contributed by atoms with Crippen molar-refractivity contribution in [1.29, 1.82) is 0 Å². The van der Waals surface area contributed by atoms with Gasteiger partial charge < -0.3 is 10.4 Å². The average Bonchev–Trinajstić information content (AvgIpc) is 2.29. The molecule has 19 heavy (non-hydrogen) atoms. The van der Waals surface area contributed by atoms with Gasteiger partial charge >= 0.3 is 5.97 Å². The molecule has 0 aromatic heterocycles. The lowest BCUT2D eigenvalue weighted by molar-refractivity contribution is -0.139. The third-order valence-electron chi connectivity index (χ3n) is 3.60. The molecular weight excluding hydrogens is 262 g/mol. The molecule has 0 fully saturated rings. The zero-order chi connectivity index (χ0) is 15.1. The van der Waals surface area contributed by atoms with Crippen LogP contribution in [-0.4, -0.2) is 34.5 Å². The number of hydrogen-bond acceptors (Lipinski definition) is 3. The number of carbonyl (C=O) groups is 2. The summed E-state index contributed by atoms with van der Waals surface area (Å²) < 4.78 is 0.0899. The van der Waals surface area contributed by atoms with E-state index < -0.39 is 11.4 Å². The highest BCUT2D eigenvalue weighted by Gasteiger charge is 2.28. The topological polar surface area (TPSA) is 66.4 Å². The van der Waals surface area contributed by atoms with Gasteiger partial charge in [0.25, 0.3) is 0 Å². The minimum Gasteiger partial charge on any atom is -0.481 e. The molecule has 4 nitrogen and oxygen atoms in total. The molecule has 0 atom stereocenters. The molecule has 0 saturated carbocycles. The quantitative estimate of drug-likeness (QED) is 0.685. The predicted molar refractivity (Wildman–Crippen MR) is 80.5 cm³/mol. The molecule has 0 aliphatic heterocycles. The summed E-state index contributed by atoms with van der Waals surface area (Å²) in [4.78, 5) is 22.6. The first-order valence-corrected chi connectivity index (χ1v) is 7.96. The highest BCUT2D eigenvalue weighted by atomic mass is 32.2. The van der Waals surface area contributed by atoms with E-state index in [0.717, 1.165) is 12.8 Å². The molecule has 5 heteroatoms. The molecule has 0 bridgehead atoms. The van der Waals surface area contributed by atoms with Gasteiger partial charge in [-0.3, -0.25) is 9.59 Å². The third-order valence-corrected chi connectivity index (χ3v) is 5.19. The van der Waals surface area contributed by atoms with Crippen molar-refractivity contribution in [3.63, 3.8) is 0 Å². The molecule has 0 unspecified atom stereocenters. The Morgan fingerprint density at radius 2 is 1.68 bits per heavy atom. The third kappa shape index (κ3) is 6.85. The number of rotatable bonds is 9. The SMILES string of the molecule is CCC(CC)(CNC(=O)CC(C)(C)CC(=O)O)SC. The van der Waals surface area contributed by atoms with Gasteiger partial charge in [0.1, 0.15) is 0 Å². The molecular formula is C14H27NO3S. The summed E-state index contributed by atoms with van der Waals surface area (Å²) in [5.74, 6) is -0.926. The summed E-state index contributed by atoms with van der Waals surface area (Å²) in [5, 5.41) is 11.8. The van der Waals surface area contributed by atoms with Gasteiger partial charge in [0, 0.05) is 17.7 Å². The second kappa shape index (κ2) is 7.78. The van der Waals surface area contributed by atoms with E-state index in [4.69, 9.17) is 5.11 Å². The van der Waals surface area contributed by atoms with Crippen LogP contribution in [0, 0.1) is 5.41 Å². The van der Waals surface area contributed by atoms with E-state index in [9.17, 15) is 9.59 Å². The normalized spacial score (nSPS) is 12.3. The minimum atomic E-state index is -0.863. The molecule has 0 aromatic rings. The number of carboxylic acids is 1. The maximum absolute atomic E-state index is 11.9. The number of thioether (sulfide) groups is 1. The molecule has 0 aromatic carbocycles. The second-order valence-electron chi connectivity index (χ2n) is 5.78. The summed E-state index contributed by atoms with van der Waals surface area (Å²) in [6, 6.07) is 0. The van der Waals surface area contributed by atoms with Gasteiger partial charge in [0.05, 0.1) is 6.42 Å². The van der Waals surface area contributed by atoms with Crippen molar-refractivity contribution in [1.82, 2.24) is 5.32 Å². The highest BCUT2D eigenvalue weighted by molar-refractivity contribution is 8.00. The fraction of sp³-hybridized carbons (Fsp3) is 0.857. The Bertz CT molecular complexity index is 304. The first kappa shape index (κ1) is 18.3. The van der Waals surface area contributed by atoms with E-state index in [0.29, 0.717) is 6.54 Å². The number of hydrogen-bond donors (Lipinski definition) is 2. The van der Waals surface area contributed by atoms with Gasteiger partial charge in [-0.1, -0.05) is 27.7 Å². The van der Waals surface area contributed by atoms with Gasteiger partial charge in [0.15, 0.2) is 0 Å². The van der Waals surface area contributed by atoms with Crippen molar-refractivity contribution >= 4 is 23.6 Å². The van der Waals surface area contributed by atoms with Crippen LogP contribution in [0.25, 0.3) is 0 Å². The van der Waals surface area contributed by atoms with Crippen LogP contribution in [0.5, 0.6) is 0 Å². The molecule has 0 saturated heterocycles. The van der Waals surface area contributed by atoms with E-state index in [1.807, 2.05) is 13.8 Å². The van der Waals surface area contributed by atoms with Gasteiger partial charge in [-0.05, 0) is 24.5 Å². The standard InChI is InChI=1S/C14H27NO3S/c1-6-14(7-2,19-5)10-15-11(16)8-13(3,4)9-12(17)18/h6-10H2,1-5H3,(H,15,16)(H,17,18). The van der Waals surface area contributed by atoms with Crippen LogP contribution in [0.1, 0.15) is 53.4 Å². The molecule has 0 radical (unpaired) electrons. The molecule has 0 aliphatic rings. The van der Waals surface area contributed by atoms with Crippen LogP contribution in [0.2, 0.25) is 0 Å². The molecule has 2 N–H and O–H groups in total. The zero-order valence-corrected chi connectivity index (χ0v) is 13.5. The van der Waals surface area contributed by atoms with E-state index in [1.54, 1.807) is 11.8 Å². The van der Waals surface area contributed by atoms with Crippen molar-refractivity contribution in [3.05, 3.63) is 0 Å². The van der Waals surface area contributed by atoms with Crippen molar-refractivity contribution in [2.75, 3.05) is 12.8 Å². The Labute approximate surface area is 120 Å². The Kier molecular flexibility index (Phi) is 7.49. The molecule has 112 valence electrons. The Morgan fingerprint density at radius 1 is 1.16 bits per heavy atom. The van der Waals surface area contributed by atoms with Crippen LogP contribution in [-0.2, 0) is 9.59 Å². The molecule has 0 spiro atoms. The first-order valence-electron chi connectivity index (χ1n) is 6.74. The Balaban J connectivity index is 4.36. The van der Waals surface area contributed by atoms with Crippen molar-refractivity contribution in [2.45, 2.75) is 58.1 Å². The number of carboxylic acid groups (broad SMARTS) is 1. The predicted octanol–water partition coefficient (Wildman–Crippen LogP) is 2.92. The van der Waals surface area contributed by atoms with Gasteiger partial charge in [-0.15, -0.1) is 0 Å². The van der Waals surface area contributed by atoms with E-state index >= 15 is 0 Å². The summed E-state index contributed by atoms with van der Waals surface area (Å²) >= 11 is 1.78. The largest absolute Gasteiger partial charge is 0.481 e. The maximum Gasteiger partial charge on any atom is 0.303 e. The summed E-state index contributed by atoms with van der Waals surface area (Å²) in [6.45, 7) is 8.51. The van der Waals surface area contributed by atoms with Crippen LogP contribution in [0.4, 0.5) is 0 Å². The number of nitrogens with one attached hydrogen (secondary N) is 1. The van der Waals surface area contributed by atoms with E-state index in [1.165, 1.54) is 0 Å². The Hall–Kier alpha value is -0.710. The minimum absolute atomic E-state index is 0.00957. The van der Waals surface area contributed by atoms with Crippen molar-refractivity contribution in [3.8, 4) is 0 Å². The van der Waals surface area contributed by atoms with Crippen LogP contribution < -0.4 is 5.32 Å². The molecule has 0 aliphatic carbocycles. The van der Waals surface area contributed by atoms with Crippen molar-refractivity contribution < 1.29 is 14.7 Å². The summed E-state index contributed by atoms with van der Waals surface area (Å²) in [7, 11) is 0. The monoisotopic (exact) mass is 289 g/mol. The smallest absolute Gasteiger partial charge is 0.303 e. The highest BCUT2D eigenvalue weighted by Crippen LogP contribution is 2.30. The average molecular weight is 289 g/mol. The fourth-order valence-electron chi connectivity index (χ4n) is 2.09. The lowest BCUT2D eigenvalue weighted by Gasteiger charge is -2.30. The van der Waals surface area contributed by atoms with Crippen molar-refractivity contribution in [2.24, 2.45) is 5.41 Å². The van der Waals surface area contributed by atoms with Crippen LogP contribution >= 0.6 is 11.8 Å². The number of amides is 1. The van der Waals surface area contributed by atoms with Gasteiger partial charge in [-0.2, -0.15) is 11.8 Å². The fourth-order valence-corrected chi connectivity index (χ4v) is 2.88. The summed E-state index contributed by atoms with van der Waals surface area (Å²) in [6.07, 6.45) is 4.33. The van der Waals surface area contributed by atoms with E-state index in [2.05, 4.69) is 25.4 Å². The first-order chi connectivity index (χ1) is 8.70. The molecule has 1 amide bonds. The van der Waals surface area contributed by atoms with Crippen LogP contribution in [0.15, 0.2) is 0 Å². The lowest BCUT2D eigenvalue weighted by atomic mass is 9.85. The van der Waals surface area contributed by atoms with Crippen LogP contribution in [0.3, 0.4) is 0 Å².